The van der Waals surface area contributed by atoms with E-state index in [0.29, 0.717) is 13.0 Å². The van der Waals surface area contributed by atoms with Crippen LogP contribution in [0.1, 0.15) is 16.7 Å². The van der Waals surface area contributed by atoms with Crippen LogP contribution in [0.5, 0.6) is 0 Å². The molecule has 0 aliphatic rings. The number of benzene rings is 4. The minimum Gasteiger partial charge on any atom is -0.459 e. The van der Waals surface area contributed by atoms with Gasteiger partial charge >= 0.3 is 12.0 Å². The van der Waals surface area contributed by atoms with Crippen molar-refractivity contribution in [1.29, 1.82) is 0 Å². The molecular formula is C31H32N2O4. The van der Waals surface area contributed by atoms with Gasteiger partial charge in [-0.1, -0.05) is 103 Å². The lowest BCUT2D eigenvalue weighted by atomic mass is 10.0. The fourth-order valence-corrected chi connectivity index (χ4v) is 4.21. The summed E-state index contributed by atoms with van der Waals surface area (Å²) in [5.41, 5.74) is 2.88. The van der Waals surface area contributed by atoms with Crippen molar-refractivity contribution in [2.45, 2.75) is 25.5 Å². The maximum atomic E-state index is 13.2. The molecule has 0 heterocycles. The number of aliphatic hydroxyl groups is 1. The minimum atomic E-state index is -0.879. The van der Waals surface area contributed by atoms with E-state index in [9.17, 15) is 14.7 Å². The van der Waals surface area contributed by atoms with Crippen LogP contribution in [0.3, 0.4) is 0 Å². The van der Waals surface area contributed by atoms with E-state index in [2.05, 4.69) is 5.32 Å². The van der Waals surface area contributed by atoms with Gasteiger partial charge in [0.1, 0.15) is 12.6 Å². The summed E-state index contributed by atoms with van der Waals surface area (Å²) in [6, 6.07) is 32.0. The fraction of sp³-hybridized carbons (Fsp3) is 0.226. The van der Waals surface area contributed by atoms with E-state index in [1.165, 1.54) is 4.90 Å². The molecule has 0 aromatic heterocycles. The summed E-state index contributed by atoms with van der Waals surface area (Å²) >= 11 is 0. The Morgan fingerprint density at radius 3 is 2.11 bits per heavy atom. The Bertz CT molecular complexity index is 1290. The molecule has 0 spiro atoms. The summed E-state index contributed by atoms with van der Waals surface area (Å²) in [6.07, 6.45) is 0.928. The summed E-state index contributed by atoms with van der Waals surface area (Å²) in [5.74, 6) is -0.502. The third-order valence-corrected chi connectivity index (χ3v) is 6.23. The topological polar surface area (TPSA) is 78.9 Å². The number of amides is 2. The van der Waals surface area contributed by atoms with Gasteiger partial charge in [0.25, 0.3) is 0 Å². The first-order valence-corrected chi connectivity index (χ1v) is 12.5. The summed E-state index contributed by atoms with van der Waals surface area (Å²) in [7, 11) is 0. The number of rotatable bonds is 11. The maximum absolute atomic E-state index is 13.2. The lowest BCUT2D eigenvalue weighted by Gasteiger charge is -2.25. The highest BCUT2D eigenvalue weighted by Gasteiger charge is 2.25. The van der Waals surface area contributed by atoms with Crippen LogP contribution in [0.25, 0.3) is 10.8 Å². The van der Waals surface area contributed by atoms with E-state index < -0.39 is 18.0 Å². The van der Waals surface area contributed by atoms with E-state index in [1.807, 2.05) is 103 Å². The molecule has 190 valence electrons. The predicted molar refractivity (Wildman–Crippen MR) is 145 cm³/mol. The van der Waals surface area contributed by atoms with Crippen molar-refractivity contribution in [3.8, 4) is 0 Å². The monoisotopic (exact) mass is 496 g/mol. The first-order chi connectivity index (χ1) is 18.1. The lowest BCUT2D eigenvalue weighted by Crippen LogP contribution is -2.50. The Hall–Kier alpha value is -4.16. The fourth-order valence-electron chi connectivity index (χ4n) is 4.21. The zero-order chi connectivity index (χ0) is 25.9. The van der Waals surface area contributed by atoms with Gasteiger partial charge in [-0.3, -0.25) is 0 Å². The van der Waals surface area contributed by atoms with Crippen LogP contribution in [-0.4, -0.2) is 47.7 Å². The maximum Gasteiger partial charge on any atom is 0.329 e. The van der Waals surface area contributed by atoms with Crippen molar-refractivity contribution in [2.24, 2.45) is 0 Å². The number of urea groups is 1. The van der Waals surface area contributed by atoms with Gasteiger partial charge in [0.05, 0.1) is 6.61 Å². The van der Waals surface area contributed by atoms with E-state index in [4.69, 9.17) is 4.74 Å². The second kappa shape index (κ2) is 13.2. The number of ether oxygens (including phenoxy) is 1. The molecule has 37 heavy (non-hydrogen) atoms. The Kier molecular flexibility index (Phi) is 9.27. The van der Waals surface area contributed by atoms with E-state index in [-0.39, 0.29) is 26.2 Å². The number of esters is 1. The van der Waals surface area contributed by atoms with Crippen molar-refractivity contribution in [3.63, 3.8) is 0 Å². The van der Waals surface area contributed by atoms with Crippen molar-refractivity contribution in [3.05, 3.63) is 120 Å². The highest BCUT2D eigenvalue weighted by atomic mass is 16.5. The highest BCUT2D eigenvalue weighted by molar-refractivity contribution is 5.85. The molecule has 2 N–H and O–H groups in total. The third-order valence-electron chi connectivity index (χ3n) is 6.23. The average molecular weight is 497 g/mol. The predicted octanol–water partition coefficient (Wildman–Crippen LogP) is 4.74. The van der Waals surface area contributed by atoms with Crippen molar-refractivity contribution < 1.29 is 19.4 Å². The molecule has 4 aromatic rings. The zero-order valence-electron chi connectivity index (χ0n) is 20.8. The first kappa shape index (κ1) is 25.9. The first-order valence-electron chi connectivity index (χ1n) is 12.5. The molecule has 0 saturated carbocycles. The molecule has 0 bridgehead atoms. The molecular weight excluding hydrogens is 464 g/mol. The molecule has 6 nitrogen and oxygen atoms in total. The standard InChI is InChI=1S/C31H32N2O4/c34-20-19-33(18-17-24-9-3-1-4-10-24)31(36)32-29(30(35)37-23-25-11-5-2-6-12-25)22-26-15-16-27-13-7-8-14-28(27)21-26/h1-16,21,29,34H,17-20,22-23H2,(H,32,36)/t29-/m0/s1. The number of carbonyl (C=O) groups excluding carboxylic acids is 2. The van der Waals surface area contributed by atoms with Crippen LogP contribution in [0.4, 0.5) is 4.79 Å². The number of fused-ring (bicyclic) bond motifs is 1. The van der Waals surface area contributed by atoms with Crippen LogP contribution in [-0.2, 0) is 29.0 Å². The highest BCUT2D eigenvalue weighted by Crippen LogP contribution is 2.17. The van der Waals surface area contributed by atoms with Gasteiger partial charge in [-0.15, -0.1) is 0 Å². The minimum absolute atomic E-state index is 0.123. The van der Waals surface area contributed by atoms with Gasteiger partial charge in [-0.2, -0.15) is 0 Å². The number of nitrogens with one attached hydrogen (secondary N) is 1. The quantitative estimate of drug-likeness (QED) is 0.294. The van der Waals surface area contributed by atoms with Crippen molar-refractivity contribution >= 4 is 22.8 Å². The molecule has 0 saturated heterocycles. The van der Waals surface area contributed by atoms with E-state index in [1.54, 1.807) is 0 Å². The Morgan fingerprint density at radius 2 is 1.41 bits per heavy atom. The van der Waals surface area contributed by atoms with Gasteiger partial charge in [0, 0.05) is 19.5 Å². The van der Waals surface area contributed by atoms with Gasteiger partial charge in [-0.05, 0) is 33.9 Å². The summed E-state index contributed by atoms with van der Waals surface area (Å²) < 4.78 is 5.60. The summed E-state index contributed by atoms with van der Waals surface area (Å²) in [5, 5.41) is 14.6. The lowest BCUT2D eigenvalue weighted by molar-refractivity contribution is -0.147. The zero-order valence-corrected chi connectivity index (χ0v) is 20.8. The van der Waals surface area contributed by atoms with Crippen LogP contribution < -0.4 is 5.32 Å². The van der Waals surface area contributed by atoms with Gasteiger partial charge in [-0.25, -0.2) is 9.59 Å². The molecule has 2 amide bonds. The molecule has 4 rings (SSSR count). The van der Waals surface area contributed by atoms with Gasteiger partial charge in [0.2, 0.25) is 0 Å². The Labute approximate surface area is 217 Å². The number of hydrogen-bond acceptors (Lipinski definition) is 4. The number of hydrogen-bond donors (Lipinski definition) is 2. The molecule has 0 aliphatic carbocycles. The normalized spacial score (nSPS) is 11.6. The molecule has 6 heteroatoms. The molecule has 0 unspecified atom stereocenters. The summed E-state index contributed by atoms with van der Waals surface area (Å²) in [4.78, 5) is 27.9. The van der Waals surface area contributed by atoms with Crippen LogP contribution in [0.15, 0.2) is 103 Å². The summed E-state index contributed by atoms with van der Waals surface area (Å²) in [6.45, 7) is 0.534. The molecule has 0 aliphatic heterocycles. The smallest absolute Gasteiger partial charge is 0.329 e. The SMILES string of the molecule is O=C(OCc1ccccc1)[C@H](Cc1ccc2ccccc2c1)NC(=O)N(CCO)CCc1ccccc1. The molecule has 1 atom stereocenters. The average Bonchev–Trinajstić information content (AvgIpc) is 2.94. The number of nitrogens with zero attached hydrogens (tertiary/aromatic N) is 1. The Morgan fingerprint density at radius 1 is 0.757 bits per heavy atom. The Balaban J connectivity index is 1.48. The second-order valence-electron chi connectivity index (χ2n) is 8.93. The van der Waals surface area contributed by atoms with Crippen LogP contribution in [0, 0.1) is 0 Å². The molecule has 0 radical (unpaired) electrons. The van der Waals surface area contributed by atoms with Crippen LogP contribution >= 0.6 is 0 Å². The second-order valence-corrected chi connectivity index (χ2v) is 8.93. The largest absolute Gasteiger partial charge is 0.459 e. The van der Waals surface area contributed by atoms with Crippen molar-refractivity contribution in [1.82, 2.24) is 10.2 Å². The van der Waals surface area contributed by atoms with Gasteiger partial charge in [0.15, 0.2) is 0 Å². The van der Waals surface area contributed by atoms with E-state index in [0.717, 1.165) is 27.5 Å². The van der Waals surface area contributed by atoms with Crippen molar-refractivity contribution in [2.75, 3.05) is 19.7 Å². The van der Waals surface area contributed by atoms with E-state index >= 15 is 0 Å². The molecule has 4 aromatic carbocycles. The third kappa shape index (κ3) is 7.66. The number of aliphatic hydroxyl groups excluding tert-OH is 1. The van der Waals surface area contributed by atoms with Gasteiger partial charge < -0.3 is 20.1 Å². The molecule has 0 fully saturated rings. The van der Waals surface area contributed by atoms with Crippen LogP contribution in [0.2, 0.25) is 0 Å². The number of carbonyl (C=O) groups is 2.